The molecule has 0 N–H and O–H groups in total. The van der Waals surface area contributed by atoms with Gasteiger partial charge in [0.15, 0.2) is 0 Å². The van der Waals surface area contributed by atoms with Crippen LogP contribution >= 0.6 is 23.5 Å². The molecule has 0 bridgehead atoms. The molecule has 0 aromatic heterocycles. The summed E-state index contributed by atoms with van der Waals surface area (Å²) in [5.41, 5.74) is 0. The van der Waals surface area contributed by atoms with Crippen molar-refractivity contribution in [2.24, 2.45) is 0 Å². The second-order valence-electron chi connectivity index (χ2n) is 3.02. The largest absolute Gasteiger partial charge is 0.148 e. The van der Waals surface area contributed by atoms with E-state index in [0.717, 1.165) is 4.58 Å². The van der Waals surface area contributed by atoms with Gasteiger partial charge in [0.05, 0.1) is 4.58 Å². The SMILES string of the molecule is [CH]1[CH][CH][C](CC2SCCCS2)[CH]1. The molecule has 0 aromatic carbocycles. The Kier molecular flexibility index (Phi) is 3.71. The zero-order chi connectivity index (χ0) is 8.23. The summed E-state index contributed by atoms with van der Waals surface area (Å²) >= 11 is 4.25. The second kappa shape index (κ2) is 4.80. The lowest BCUT2D eigenvalue weighted by Crippen LogP contribution is -2.10. The van der Waals surface area contributed by atoms with Crippen molar-refractivity contribution in [3.05, 3.63) is 31.6 Å². The Bertz CT molecular complexity index is 124. The van der Waals surface area contributed by atoms with Crippen molar-refractivity contribution in [2.45, 2.75) is 17.4 Å². The van der Waals surface area contributed by atoms with Crippen molar-refractivity contribution < 1.29 is 0 Å². The van der Waals surface area contributed by atoms with Gasteiger partial charge in [0, 0.05) is 0 Å². The minimum absolute atomic E-state index is 0.821. The van der Waals surface area contributed by atoms with Gasteiger partial charge in [-0.25, -0.2) is 0 Å². The summed E-state index contributed by atoms with van der Waals surface area (Å²) in [5.74, 6) is 4.22. The Morgan fingerprint density at radius 3 is 2.50 bits per heavy atom. The zero-order valence-corrected chi connectivity index (χ0v) is 8.66. The standard InChI is InChI=1S/C10H13S2/c1-2-5-9(4-1)8-10-11-6-3-7-12-10/h1-2,4-5,10H,3,6-8H2. The highest BCUT2D eigenvalue weighted by Crippen LogP contribution is 2.39. The summed E-state index contributed by atoms with van der Waals surface area (Å²) in [6.45, 7) is 0. The van der Waals surface area contributed by atoms with Gasteiger partial charge in [-0.05, 0) is 55.9 Å². The lowest BCUT2D eigenvalue weighted by atomic mass is 10.1. The smallest absolute Gasteiger partial charge is 0.0508 e. The molecule has 2 aliphatic rings. The summed E-state index contributed by atoms with van der Waals surface area (Å²) in [4.78, 5) is 0. The Morgan fingerprint density at radius 1 is 1.17 bits per heavy atom. The van der Waals surface area contributed by atoms with E-state index < -0.39 is 0 Å². The topological polar surface area (TPSA) is 0 Å². The van der Waals surface area contributed by atoms with Crippen LogP contribution in [0.1, 0.15) is 12.8 Å². The van der Waals surface area contributed by atoms with E-state index in [0.29, 0.717) is 0 Å². The molecule has 0 unspecified atom stereocenters. The normalized spacial score (nSPS) is 28.0. The predicted octanol–water partition coefficient (Wildman–Crippen LogP) is 2.98. The van der Waals surface area contributed by atoms with Gasteiger partial charge in [0.1, 0.15) is 0 Å². The highest BCUT2D eigenvalue weighted by Gasteiger charge is 2.23. The average molecular weight is 197 g/mol. The van der Waals surface area contributed by atoms with E-state index in [1.54, 1.807) is 0 Å². The highest BCUT2D eigenvalue weighted by molar-refractivity contribution is 8.17. The van der Waals surface area contributed by atoms with E-state index in [-0.39, 0.29) is 0 Å². The maximum Gasteiger partial charge on any atom is 0.0508 e. The lowest BCUT2D eigenvalue weighted by molar-refractivity contribution is 0.964. The lowest BCUT2D eigenvalue weighted by Gasteiger charge is -2.22. The molecule has 1 saturated heterocycles. The van der Waals surface area contributed by atoms with Crippen LogP contribution < -0.4 is 0 Å². The van der Waals surface area contributed by atoms with E-state index in [4.69, 9.17) is 0 Å². The van der Waals surface area contributed by atoms with Crippen molar-refractivity contribution in [2.75, 3.05) is 11.5 Å². The van der Waals surface area contributed by atoms with Crippen LogP contribution in [0.25, 0.3) is 0 Å². The molecule has 2 heteroatoms. The number of hydrogen-bond donors (Lipinski definition) is 0. The quantitative estimate of drug-likeness (QED) is 0.667. The first-order chi connectivity index (χ1) is 5.95. The van der Waals surface area contributed by atoms with Crippen molar-refractivity contribution in [3.8, 4) is 0 Å². The molecular formula is C10H13S2. The van der Waals surface area contributed by atoms with Crippen molar-refractivity contribution >= 4 is 23.5 Å². The van der Waals surface area contributed by atoms with Crippen LogP contribution in [0.4, 0.5) is 0 Å². The van der Waals surface area contributed by atoms with Gasteiger partial charge in [-0.2, -0.15) is 0 Å². The summed E-state index contributed by atoms with van der Waals surface area (Å²) in [6, 6.07) is 0. The molecule has 0 aromatic rings. The van der Waals surface area contributed by atoms with Gasteiger partial charge in [-0.3, -0.25) is 0 Å². The van der Waals surface area contributed by atoms with Crippen molar-refractivity contribution in [1.82, 2.24) is 0 Å². The van der Waals surface area contributed by atoms with Crippen LogP contribution in [-0.2, 0) is 0 Å². The molecule has 1 heterocycles. The number of thioether (sulfide) groups is 2. The molecule has 0 spiro atoms. The molecule has 1 saturated carbocycles. The third kappa shape index (κ3) is 2.59. The summed E-state index contributed by atoms with van der Waals surface area (Å²) in [7, 11) is 0. The summed E-state index contributed by atoms with van der Waals surface area (Å²) in [6.07, 6.45) is 11.4. The fourth-order valence-corrected chi connectivity index (χ4v) is 4.31. The maximum atomic E-state index is 2.23. The first kappa shape index (κ1) is 9.26. The molecular weight excluding hydrogens is 184 g/mol. The Hall–Kier alpha value is 0.700. The van der Waals surface area contributed by atoms with Crippen LogP contribution in [0.5, 0.6) is 0 Å². The summed E-state index contributed by atoms with van der Waals surface area (Å²) < 4.78 is 0.821. The van der Waals surface area contributed by atoms with Gasteiger partial charge in [0.2, 0.25) is 0 Å². The minimum Gasteiger partial charge on any atom is -0.148 e. The first-order valence-corrected chi connectivity index (χ1v) is 6.49. The zero-order valence-electron chi connectivity index (χ0n) is 7.03. The third-order valence-electron chi connectivity index (χ3n) is 2.03. The van der Waals surface area contributed by atoms with Crippen molar-refractivity contribution in [1.29, 1.82) is 0 Å². The van der Waals surface area contributed by atoms with Crippen LogP contribution in [0.15, 0.2) is 0 Å². The van der Waals surface area contributed by atoms with Gasteiger partial charge in [0.25, 0.3) is 0 Å². The van der Waals surface area contributed by atoms with Gasteiger partial charge >= 0.3 is 0 Å². The maximum absolute atomic E-state index is 2.23. The molecule has 2 rings (SSSR count). The molecule has 12 heavy (non-hydrogen) atoms. The van der Waals surface area contributed by atoms with E-state index in [9.17, 15) is 0 Å². The van der Waals surface area contributed by atoms with E-state index >= 15 is 0 Å². The van der Waals surface area contributed by atoms with Gasteiger partial charge in [-0.15, -0.1) is 23.5 Å². The van der Waals surface area contributed by atoms with Crippen LogP contribution in [0.3, 0.4) is 0 Å². The van der Waals surface area contributed by atoms with Crippen molar-refractivity contribution in [3.63, 3.8) is 0 Å². The molecule has 0 amide bonds. The Morgan fingerprint density at radius 2 is 1.83 bits per heavy atom. The van der Waals surface area contributed by atoms with E-state index in [1.165, 1.54) is 30.3 Å². The van der Waals surface area contributed by atoms with E-state index in [2.05, 4.69) is 49.2 Å². The van der Waals surface area contributed by atoms with Gasteiger partial charge in [-0.1, -0.05) is 0 Å². The fraction of sp³-hybridized carbons (Fsp3) is 0.500. The van der Waals surface area contributed by atoms with Crippen LogP contribution in [0, 0.1) is 31.6 Å². The first-order valence-electron chi connectivity index (χ1n) is 4.39. The van der Waals surface area contributed by atoms with Crippen LogP contribution in [0.2, 0.25) is 0 Å². The predicted molar refractivity (Wildman–Crippen MR) is 58.4 cm³/mol. The minimum atomic E-state index is 0.821. The summed E-state index contributed by atoms with van der Waals surface area (Å²) in [5, 5.41) is 0. The molecule has 1 aliphatic carbocycles. The molecule has 0 nitrogen and oxygen atoms in total. The molecule has 65 valence electrons. The average Bonchev–Trinajstić information content (AvgIpc) is 2.59. The van der Waals surface area contributed by atoms with E-state index in [1.807, 2.05) is 0 Å². The van der Waals surface area contributed by atoms with Crippen LogP contribution in [-0.4, -0.2) is 16.1 Å². The third-order valence-corrected chi connectivity index (χ3v) is 4.97. The molecule has 2 fully saturated rings. The highest BCUT2D eigenvalue weighted by atomic mass is 32.2. The molecule has 5 radical (unpaired) electrons. The van der Waals surface area contributed by atoms with Gasteiger partial charge < -0.3 is 0 Å². The Labute approximate surface area is 84.3 Å². The fourth-order valence-electron chi connectivity index (χ4n) is 1.40. The molecule has 1 aliphatic heterocycles. The monoisotopic (exact) mass is 197 g/mol. The number of hydrogen-bond acceptors (Lipinski definition) is 2. The Balaban J connectivity index is 1.69. The number of rotatable bonds is 2. The molecule has 0 atom stereocenters. The second-order valence-corrected chi connectivity index (χ2v) is 5.94.